The Kier molecular flexibility index (Phi) is 6.54. The Labute approximate surface area is 161 Å². The number of thiophene rings is 1. The number of hydrogen-bond acceptors (Lipinski definition) is 5. The van der Waals surface area contributed by atoms with Crippen LogP contribution in [0.4, 0.5) is 4.79 Å². The minimum absolute atomic E-state index is 0.147. The van der Waals surface area contributed by atoms with Crippen molar-refractivity contribution in [3.05, 3.63) is 77.4 Å². The Morgan fingerprint density at radius 1 is 1.00 bits per heavy atom. The average Bonchev–Trinajstić information content (AvgIpc) is 3.25. The molecule has 0 unspecified atom stereocenters. The minimum Gasteiger partial charge on any atom is -0.445 e. The van der Waals surface area contributed by atoms with Gasteiger partial charge in [0, 0.05) is 29.4 Å². The number of amides is 2. The first-order chi connectivity index (χ1) is 13.2. The molecule has 0 aliphatic heterocycles. The molecule has 1 aromatic carbocycles. The molecular weight excluding hydrogens is 362 g/mol. The van der Waals surface area contributed by atoms with Gasteiger partial charge >= 0.3 is 6.09 Å². The summed E-state index contributed by atoms with van der Waals surface area (Å²) in [7, 11) is 0. The first-order valence-corrected chi connectivity index (χ1v) is 9.28. The SMILES string of the molecule is O=C(CNC(=O)OCc1ccccc1)NCc1cncc(-c2cccs2)c1. The second-order valence-corrected chi connectivity index (χ2v) is 6.70. The number of pyridine rings is 1. The van der Waals surface area contributed by atoms with E-state index < -0.39 is 6.09 Å². The van der Waals surface area contributed by atoms with Gasteiger partial charge in [0.25, 0.3) is 0 Å². The molecule has 0 saturated heterocycles. The zero-order chi connectivity index (χ0) is 18.9. The van der Waals surface area contributed by atoms with Crippen LogP contribution in [0.15, 0.2) is 66.3 Å². The number of alkyl carbamates (subject to hydrolysis) is 1. The highest BCUT2D eigenvalue weighted by Crippen LogP contribution is 2.24. The van der Waals surface area contributed by atoms with Crippen molar-refractivity contribution in [3.8, 4) is 10.4 Å². The Bertz CT molecular complexity index is 883. The molecule has 3 aromatic rings. The van der Waals surface area contributed by atoms with Crippen LogP contribution < -0.4 is 10.6 Å². The van der Waals surface area contributed by atoms with Crippen molar-refractivity contribution in [1.82, 2.24) is 15.6 Å². The zero-order valence-electron chi connectivity index (χ0n) is 14.6. The van der Waals surface area contributed by atoms with Crippen molar-refractivity contribution < 1.29 is 14.3 Å². The van der Waals surface area contributed by atoms with Gasteiger partial charge in [-0.3, -0.25) is 9.78 Å². The molecule has 2 amide bonds. The van der Waals surface area contributed by atoms with E-state index in [0.717, 1.165) is 21.6 Å². The molecule has 2 heterocycles. The Hall–Kier alpha value is -3.19. The smallest absolute Gasteiger partial charge is 0.407 e. The monoisotopic (exact) mass is 381 g/mol. The first-order valence-electron chi connectivity index (χ1n) is 8.40. The van der Waals surface area contributed by atoms with Gasteiger partial charge in [0.05, 0.1) is 0 Å². The van der Waals surface area contributed by atoms with Crippen LogP contribution in [0.25, 0.3) is 10.4 Å². The second-order valence-electron chi connectivity index (χ2n) is 5.75. The third kappa shape index (κ3) is 5.93. The standard InChI is InChI=1S/C20H19N3O3S/c24-19(13-23-20(25)26-14-15-5-2-1-3-6-15)22-11-16-9-17(12-21-10-16)18-7-4-8-27-18/h1-10,12H,11,13-14H2,(H,22,24)(H,23,25). The van der Waals surface area contributed by atoms with Crippen LogP contribution >= 0.6 is 11.3 Å². The van der Waals surface area contributed by atoms with E-state index in [1.54, 1.807) is 23.7 Å². The van der Waals surface area contributed by atoms with Crippen LogP contribution in [0.2, 0.25) is 0 Å². The lowest BCUT2D eigenvalue weighted by Gasteiger charge is -2.08. The molecule has 6 nitrogen and oxygen atoms in total. The third-order valence-corrected chi connectivity index (χ3v) is 4.62. The second kappa shape index (κ2) is 9.49. The fourth-order valence-corrected chi connectivity index (χ4v) is 3.06. The molecule has 0 atom stereocenters. The van der Waals surface area contributed by atoms with E-state index in [1.807, 2.05) is 53.9 Å². The van der Waals surface area contributed by atoms with Crippen molar-refractivity contribution in [2.45, 2.75) is 13.2 Å². The summed E-state index contributed by atoms with van der Waals surface area (Å²) >= 11 is 1.63. The highest BCUT2D eigenvalue weighted by atomic mass is 32.1. The lowest BCUT2D eigenvalue weighted by molar-refractivity contribution is -0.120. The number of rotatable bonds is 7. The molecule has 0 saturated carbocycles. The van der Waals surface area contributed by atoms with Crippen LogP contribution in [0.1, 0.15) is 11.1 Å². The fourth-order valence-electron chi connectivity index (χ4n) is 2.35. The normalized spacial score (nSPS) is 10.2. The summed E-state index contributed by atoms with van der Waals surface area (Å²) in [6, 6.07) is 15.3. The maximum atomic E-state index is 11.9. The summed E-state index contributed by atoms with van der Waals surface area (Å²) in [6.07, 6.45) is 2.87. The summed E-state index contributed by atoms with van der Waals surface area (Å²) in [5.41, 5.74) is 2.79. The van der Waals surface area contributed by atoms with Crippen molar-refractivity contribution in [2.75, 3.05) is 6.54 Å². The molecule has 0 aliphatic rings. The molecule has 2 N–H and O–H groups in total. The van der Waals surface area contributed by atoms with Gasteiger partial charge in [-0.25, -0.2) is 4.79 Å². The van der Waals surface area contributed by atoms with Crippen molar-refractivity contribution in [2.24, 2.45) is 0 Å². The molecule has 0 bridgehead atoms. The predicted molar refractivity (Wildman–Crippen MR) is 104 cm³/mol. The summed E-state index contributed by atoms with van der Waals surface area (Å²) in [5, 5.41) is 7.20. The van der Waals surface area contributed by atoms with Crippen LogP contribution in [0.5, 0.6) is 0 Å². The molecule has 27 heavy (non-hydrogen) atoms. The number of nitrogens with zero attached hydrogens (tertiary/aromatic N) is 1. The molecule has 0 fully saturated rings. The Balaban J connectivity index is 1.39. The maximum Gasteiger partial charge on any atom is 0.407 e. The summed E-state index contributed by atoms with van der Waals surface area (Å²) < 4.78 is 5.06. The fraction of sp³-hybridized carbons (Fsp3) is 0.150. The predicted octanol–water partition coefficient (Wildman–Crippen LogP) is 3.35. The number of carbonyl (C=O) groups excluding carboxylic acids is 2. The van der Waals surface area contributed by atoms with Crippen LogP contribution in [-0.4, -0.2) is 23.5 Å². The van der Waals surface area contributed by atoms with Gasteiger partial charge in [-0.1, -0.05) is 36.4 Å². The van der Waals surface area contributed by atoms with E-state index in [4.69, 9.17) is 4.74 Å². The van der Waals surface area contributed by atoms with Crippen molar-refractivity contribution in [3.63, 3.8) is 0 Å². The zero-order valence-corrected chi connectivity index (χ0v) is 15.4. The molecule has 0 radical (unpaired) electrons. The van der Waals surface area contributed by atoms with E-state index in [1.165, 1.54) is 0 Å². The van der Waals surface area contributed by atoms with Gasteiger partial charge in [0.15, 0.2) is 0 Å². The topological polar surface area (TPSA) is 80.3 Å². The number of aromatic nitrogens is 1. The number of hydrogen-bond donors (Lipinski definition) is 2. The lowest BCUT2D eigenvalue weighted by Crippen LogP contribution is -2.36. The van der Waals surface area contributed by atoms with Gasteiger partial charge in [0.1, 0.15) is 13.2 Å². The van der Waals surface area contributed by atoms with Crippen LogP contribution in [0.3, 0.4) is 0 Å². The average molecular weight is 381 g/mol. The number of ether oxygens (including phenoxy) is 1. The molecular formula is C20H19N3O3S. The van der Waals surface area contributed by atoms with E-state index in [0.29, 0.717) is 6.54 Å². The van der Waals surface area contributed by atoms with Gasteiger partial charge in [0.2, 0.25) is 5.91 Å². The lowest BCUT2D eigenvalue weighted by atomic mass is 10.2. The van der Waals surface area contributed by atoms with Gasteiger partial charge in [-0.2, -0.15) is 0 Å². The number of nitrogens with one attached hydrogen (secondary N) is 2. The summed E-state index contributed by atoms with van der Waals surface area (Å²) in [4.78, 5) is 28.9. The molecule has 7 heteroatoms. The van der Waals surface area contributed by atoms with Crippen LogP contribution in [-0.2, 0) is 22.7 Å². The molecule has 3 rings (SSSR count). The molecule has 0 aliphatic carbocycles. The Morgan fingerprint density at radius 3 is 2.63 bits per heavy atom. The molecule has 0 spiro atoms. The third-order valence-electron chi connectivity index (χ3n) is 3.70. The summed E-state index contributed by atoms with van der Waals surface area (Å²) in [5.74, 6) is -0.298. The van der Waals surface area contributed by atoms with E-state index in [-0.39, 0.29) is 19.1 Å². The van der Waals surface area contributed by atoms with Gasteiger partial charge < -0.3 is 15.4 Å². The van der Waals surface area contributed by atoms with Crippen molar-refractivity contribution >= 4 is 23.3 Å². The van der Waals surface area contributed by atoms with E-state index in [2.05, 4.69) is 15.6 Å². The highest BCUT2D eigenvalue weighted by Gasteiger charge is 2.07. The van der Waals surface area contributed by atoms with E-state index in [9.17, 15) is 9.59 Å². The molecule has 2 aromatic heterocycles. The molecule has 138 valence electrons. The van der Waals surface area contributed by atoms with Gasteiger partial charge in [-0.15, -0.1) is 11.3 Å². The minimum atomic E-state index is -0.629. The number of benzene rings is 1. The van der Waals surface area contributed by atoms with E-state index >= 15 is 0 Å². The van der Waals surface area contributed by atoms with Gasteiger partial charge in [-0.05, 0) is 28.6 Å². The highest BCUT2D eigenvalue weighted by molar-refractivity contribution is 7.13. The van der Waals surface area contributed by atoms with Crippen LogP contribution in [0, 0.1) is 0 Å². The Morgan fingerprint density at radius 2 is 1.85 bits per heavy atom. The maximum absolute atomic E-state index is 11.9. The summed E-state index contributed by atoms with van der Waals surface area (Å²) in [6.45, 7) is 0.354. The first kappa shape index (κ1) is 18.6. The number of carbonyl (C=O) groups is 2. The van der Waals surface area contributed by atoms with Crippen molar-refractivity contribution in [1.29, 1.82) is 0 Å². The quantitative estimate of drug-likeness (QED) is 0.658. The largest absolute Gasteiger partial charge is 0.445 e.